The Bertz CT molecular complexity index is 935. The van der Waals surface area contributed by atoms with Gasteiger partial charge in [0.2, 0.25) is 11.0 Å². The molecule has 1 amide bonds. The molecule has 1 heterocycles. The number of rotatable bonds is 9. The Balaban J connectivity index is 1.96. The Hall–Kier alpha value is -2.65. The summed E-state index contributed by atoms with van der Waals surface area (Å²) in [7, 11) is -0.917. The number of benzene rings is 1. The second kappa shape index (κ2) is 9.71. The SMILES string of the molecule is CC(C)[C@H](NC(=O)Cc1ccccc1)C(=O)OCc1ccc(S(=O)(=O)N(C)C)o1. The summed E-state index contributed by atoms with van der Waals surface area (Å²) in [5, 5.41) is 2.47. The van der Waals surface area contributed by atoms with Crippen LogP contribution in [0.3, 0.4) is 0 Å². The average molecular weight is 423 g/mol. The number of hydrogen-bond acceptors (Lipinski definition) is 6. The first-order valence-corrected chi connectivity index (χ1v) is 10.6. The van der Waals surface area contributed by atoms with Crippen LogP contribution in [0.5, 0.6) is 0 Å². The average Bonchev–Trinajstić information content (AvgIpc) is 3.14. The van der Waals surface area contributed by atoms with E-state index in [2.05, 4.69) is 5.32 Å². The molecule has 2 aromatic rings. The van der Waals surface area contributed by atoms with Crippen molar-refractivity contribution in [2.24, 2.45) is 5.92 Å². The lowest BCUT2D eigenvalue weighted by molar-refractivity contribution is -0.151. The van der Waals surface area contributed by atoms with E-state index in [-0.39, 0.29) is 35.7 Å². The molecule has 0 unspecified atom stereocenters. The lowest BCUT2D eigenvalue weighted by Gasteiger charge is -2.20. The number of furan rings is 1. The van der Waals surface area contributed by atoms with Gasteiger partial charge in [0.25, 0.3) is 10.0 Å². The lowest BCUT2D eigenvalue weighted by Crippen LogP contribution is -2.45. The van der Waals surface area contributed by atoms with Gasteiger partial charge in [0.05, 0.1) is 6.42 Å². The van der Waals surface area contributed by atoms with E-state index in [0.29, 0.717) is 0 Å². The summed E-state index contributed by atoms with van der Waals surface area (Å²) in [6.45, 7) is 3.35. The van der Waals surface area contributed by atoms with Crippen LogP contribution in [0, 0.1) is 5.92 Å². The molecule has 1 aromatic carbocycles. The van der Waals surface area contributed by atoms with Gasteiger partial charge in [0.15, 0.2) is 0 Å². The Morgan fingerprint density at radius 3 is 2.34 bits per heavy atom. The maximum Gasteiger partial charge on any atom is 0.329 e. The summed E-state index contributed by atoms with van der Waals surface area (Å²) < 4.78 is 35.6. The van der Waals surface area contributed by atoms with E-state index >= 15 is 0 Å². The van der Waals surface area contributed by atoms with Crippen LogP contribution in [0.15, 0.2) is 52.0 Å². The predicted octanol–water partition coefficient (Wildman–Crippen LogP) is 1.96. The minimum Gasteiger partial charge on any atom is -0.456 e. The molecule has 0 aliphatic heterocycles. The zero-order valence-electron chi connectivity index (χ0n) is 16.9. The Labute approximate surface area is 170 Å². The standard InChI is InChI=1S/C20H26N2O6S/c1-14(2)19(21-17(23)12-15-8-6-5-7-9-15)20(24)27-13-16-10-11-18(28-16)29(25,26)22(3)4/h5-11,14,19H,12-13H2,1-4H3,(H,21,23)/t19-/m0/s1. The largest absolute Gasteiger partial charge is 0.456 e. The lowest BCUT2D eigenvalue weighted by atomic mass is 10.0. The molecule has 158 valence electrons. The van der Waals surface area contributed by atoms with Gasteiger partial charge in [0, 0.05) is 14.1 Å². The van der Waals surface area contributed by atoms with E-state index in [0.717, 1.165) is 9.87 Å². The summed E-state index contributed by atoms with van der Waals surface area (Å²) >= 11 is 0. The molecule has 1 atom stereocenters. The number of nitrogens with zero attached hydrogens (tertiary/aromatic N) is 1. The number of esters is 1. The second-order valence-corrected chi connectivity index (χ2v) is 9.15. The van der Waals surface area contributed by atoms with Gasteiger partial charge in [-0.3, -0.25) is 4.79 Å². The molecule has 29 heavy (non-hydrogen) atoms. The van der Waals surface area contributed by atoms with Crippen LogP contribution in [0.4, 0.5) is 0 Å². The van der Waals surface area contributed by atoms with Gasteiger partial charge in [-0.1, -0.05) is 44.2 Å². The zero-order valence-corrected chi connectivity index (χ0v) is 17.7. The van der Waals surface area contributed by atoms with Crippen molar-refractivity contribution in [2.75, 3.05) is 14.1 Å². The predicted molar refractivity (Wildman–Crippen MR) is 106 cm³/mol. The number of amides is 1. The number of hydrogen-bond donors (Lipinski definition) is 1. The highest BCUT2D eigenvalue weighted by Crippen LogP contribution is 2.18. The Morgan fingerprint density at radius 2 is 1.76 bits per heavy atom. The zero-order chi connectivity index (χ0) is 21.6. The van der Waals surface area contributed by atoms with E-state index in [4.69, 9.17) is 9.15 Å². The topological polar surface area (TPSA) is 106 Å². The highest BCUT2D eigenvalue weighted by molar-refractivity contribution is 7.88. The molecule has 8 nitrogen and oxygen atoms in total. The minimum absolute atomic E-state index is 0.154. The number of nitrogens with one attached hydrogen (secondary N) is 1. The highest BCUT2D eigenvalue weighted by Gasteiger charge is 2.27. The molecule has 0 aliphatic rings. The van der Waals surface area contributed by atoms with Crippen molar-refractivity contribution >= 4 is 21.9 Å². The van der Waals surface area contributed by atoms with Crippen molar-refractivity contribution in [1.29, 1.82) is 0 Å². The van der Waals surface area contributed by atoms with Crippen molar-refractivity contribution in [2.45, 2.75) is 38.0 Å². The van der Waals surface area contributed by atoms with Gasteiger partial charge in [-0.25, -0.2) is 17.5 Å². The van der Waals surface area contributed by atoms with E-state index in [1.165, 1.54) is 26.2 Å². The fourth-order valence-electron chi connectivity index (χ4n) is 2.49. The summed E-state index contributed by atoms with van der Waals surface area (Å²) in [6, 6.07) is 11.1. The third-order valence-electron chi connectivity index (χ3n) is 4.17. The smallest absolute Gasteiger partial charge is 0.329 e. The maximum absolute atomic E-state index is 12.5. The Kier molecular flexibility index (Phi) is 7.58. The first kappa shape index (κ1) is 22.6. The van der Waals surface area contributed by atoms with Crippen LogP contribution in [0.1, 0.15) is 25.2 Å². The van der Waals surface area contributed by atoms with Crippen molar-refractivity contribution in [1.82, 2.24) is 9.62 Å². The Morgan fingerprint density at radius 1 is 1.10 bits per heavy atom. The van der Waals surface area contributed by atoms with E-state index in [1.54, 1.807) is 13.8 Å². The molecule has 0 radical (unpaired) electrons. The first-order valence-electron chi connectivity index (χ1n) is 9.12. The quantitative estimate of drug-likeness (QED) is 0.619. The molecule has 0 spiro atoms. The van der Waals surface area contributed by atoms with Crippen LogP contribution in [0.2, 0.25) is 0 Å². The molecule has 9 heteroatoms. The van der Waals surface area contributed by atoms with E-state index in [1.807, 2.05) is 30.3 Å². The summed E-state index contributed by atoms with van der Waals surface area (Å²) in [6.07, 6.45) is 0.154. The van der Waals surface area contributed by atoms with Crippen LogP contribution in [-0.4, -0.2) is 44.7 Å². The van der Waals surface area contributed by atoms with Crippen molar-refractivity contribution in [3.05, 3.63) is 53.8 Å². The number of ether oxygens (including phenoxy) is 1. The molecule has 0 saturated carbocycles. The van der Waals surface area contributed by atoms with E-state index < -0.39 is 22.0 Å². The highest BCUT2D eigenvalue weighted by atomic mass is 32.2. The molecule has 1 N–H and O–H groups in total. The van der Waals surface area contributed by atoms with Crippen molar-refractivity contribution < 1.29 is 27.2 Å². The number of carbonyl (C=O) groups is 2. The van der Waals surface area contributed by atoms with Crippen molar-refractivity contribution in [3.63, 3.8) is 0 Å². The molecule has 0 fully saturated rings. The number of sulfonamides is 1. The molecule has 1 aromatic heterocycles. The van der Waals surface area contributed by atoms with Gasteiger partial charge in [-0.2, -0.15) is 0 Å². The summed E-state index contributed by atoms with van der Waals surface area (Å²) in [4.78, 5) is 24.7. The van der Waals surface area contributed by atoms with Crippen molar-refractivity contribution in [3.8, 4) is 0 Å². The maximum atomic E-state index is 12.5. The van der Waals surface area contributed by atoms with Gasteiger partial charge < -0.3 is 14.5 Å². The molecule has 0 saturated heterocycles. The van der Waals surface area contributed by atoms with Crippen LogP contribution in [-0.2, 0) is 37.4 Å². The van der Waals surface area contributed by atoms with Gasteiger partial charge in [-0.15, -0.1) is 0 Å². The molecular weight excluding hydrogens is 396 g/mol. The molecule has 0 bridgehead atoms. The monoisotopic (exact) mass is 422 g/mol. The summed E-state index contributed by atoms with van der Waals surface area (Å²) in [5.41, 5.74) is 0.839. The van der Waals surface area contributed by atoms with Gasteiger partial charge in [0.1, 0.15) is 18.4 Å². The minimum atomic E-state index is -3.70. The third-order valence-corrected chi connectivity index (χ3v) is 5.86. The van der Waals surface area contributed by atoms with E-state index in [9.17, 15) is 18.0 Å². The fraction of sp³-hybridized carbons (Fsp3) is 0.400. The normalized spacial score (nSPS) is 12.8. The van der Waals surface area contributed by atoms with Crippen LogP contribution < -0.4 is 5.32 Å². The fourth-order valence-corrected chi connectivity index (χ4v) is 3.30. The molecular formula is C20H26N2O6S. The van der Waals surface area contributed by atoms with Crippen LogP contribution in [0.25, 0.3) is 0 Å². The molecule has 0 aliphatic carbocycles. The third kappa shape index (κ3) is 6.16. The van der Waals surface area contributed by atoms with Crippen LogP contribution >= 0.6 is 0 Å². The van der Waals surface area contributed by atoms with Gasteiger partial charge >= 0.3 is 5.97 Å². The summed E-state index contributed by atoms with van der Waals surface area (Å²) in [5.74, 6) is -0.903. The first-order chi connectivity index (χ1) is 13.6. The second-order valence-electron chi connectivity index (χ2n) is 7.07. The van der Waals surface area contributed by atoms with Gasteiger partial charge in [-0.05, 0) is 23.6 Å². The number of carbonyl (C=O) groups excluding carboxylic acids is 2. The molecule has 2 rings (SSSR count).